The van der Waals surface area contributed by atoms with Crippen LogP contribution in [0.25, 0.3) is 0 Å². The zero-order chi connectivity index (χ0) is 16.4. The molecule has 21 heavy (non-hydrogen) atoms. The number of carboxylic acids is 1. The van der Waals surface area contributed by atoms with Gasteiger partial charge in [-0.3, -0.25) is 15.4 Å². The van der Waals surface area contributed by atoms with Crippen LogP contribution in [0.2, 0.25) is 0 Å². The number of nitrogens with two attached hydrogens (primary N) is 2. The fourth-order valence-electron chi connectivity index (χ4n) is 1.72. The van der Waals surface area contributed by atoms with Gasteiger partial charge in [-0.15, -0.1) is 0 Å². The van der Waals surface area contributed by atoms with Gasteiger partial charge >= 0.3 is 5.97 Å². The van der Waals surface area contributed by atoms with E-state index in [9.17, 15) is 14.4 Å². The minimum absolute atomic E-state index is 0.0382. The molecule has 0 fully saturated rings. The highest BCUT2D eigenvalue weighted by atomic mass is 16.4. The molecule has 2 atom stereocenters. The van der Waals surface area contributed by atoms with Crippen LogP contribution in [0.15, 0.2) is 0 Å². The van der Waals surface area contributed by atoms with Crippen molar-refractivity contribution in [1.82, 2.24) is 10.3 Å². The van der Waals surface area contributed by atoms with E-state index in [0.717, 1.165) is 19.3 Å². The Balaban J connectivity index is 4.39. The normalized spacial score (nSPS) is 13.7. The highest BCUT2D eigenvalue weighted by Gasteiger charge is 2.25. The zero-order valence-electron chi connectivity index (χ0n) is 12.7. The lowest BCUT2D eigenvalue weighted by atomic mass is 10.1. The van der Waals surface area contributed by atoms with Crippen LogP contribution < -0.4 is 16.9 Å². The van der Waals surface area contributed by atoms with Crippen molar-refractivity contribution in [2.75, 3.05) is 6.54 Å². The van der Waals surface area contributed by atoms with Crippen LogP contribution in [0, 0.1) is 0 Å². The van der Waals surface area contributed by atoms with Crippen LogP contribution in [-0.4, -0.2) is 46.5 Å². The van der Waals surface area contributed by atoms with Crippen molar-refractivity contribution < 1.29 is 19.5 Å². The first-order valence-electron chi connectivity index (χ1n) is 7.12. The van der Waals surface area contributed by atoms with Crippen molar-refractivity contribution >= 4 is 17.8 Å². The fourth-order valence-corrected chi connectivity index (χ4v) is 1.72. The number of carbonyl (C=O) groups is 3. The molecule has 122 valence electrons. The van der Waals surface area contributed by atoms with Crippen LogP contribution in [0.3, 0.4) is 0 Å². The van der Waals surface area contributed by atoms with E-state index in [0.29, 0.717) is 6.54 Å². The summed E-state index contributed by atoms with van der Waals surface area (Å²) in [7, 11) is 0. The van der Waals surface area contributed by atoms with Crippen molar-refractivity contribution in [2.45, 2.75) is 58.0 Å². The molecule has 6 N–H and O–H groups in total. The number of hydrogen-bond acceptors (Lipinski definition) is 5. The van der Waals surface area contributed by atoms with Gasteiger partial charge in [-0.1, -0.05) is 19.8 Å². The molecule has 0 aliphatic rings. The Bertz CT molecular complexity index is 362. The molecule has 0 aromatic carbocycles. The number of rotatable bonds is 11. The molecule has 0 heterocycles. The summed E-state index contributed by atoms with van der Waals surface area (Å²) in [5, 5.41) is 12.8. The molecule has 0 aromatic rings. The molecule has 8 nitrogen and oxygen atoms in total. The Morgan fingerprint density at radius 3 is 2.38 bits per heavy atom. The molecule has 0 saturated carbocycles. The average Bonchev–Trinajstić information content (AvgIpc) is 2.41. The third kappa shape index (κ3) is 8.26. The van der Waals surface area contributed by atoms with Gasteiger partial charge in [0, 0.05) is 13.0 Å². The number of amides is 2. The molecule has 0 aliphatic carbocycles. The predicted molar refractivity (Wildman–Crippen MR) is 77.9 cm³/mol. The van der Waals surface area contributed by atoms with E-state index in [2.05, 4.69) is 12.2 Å². The average molecular weight is 302 g/mol. The Kier molecular flexibility index (Phi) is 9.31. The van der Waals surface area contributed by atoms with Crippen LogP contribution in [0.5, 0.6) is 0 Å². The van der Waals surface area contributed by atoms with E-state index in [1.165, 1.54) is 5.01 Å². The lowest BCUT2D eigenvalue weighted by Crippen LogP contribution is -2.53. The number of aliphatic carboxylic acids is 1. The highest BCUT2D eigenvalue weighted by molar-refractivity contribution is 5.87. The molecule has 0 aliphatic heterocycles. The maximum absolute atomic E-state index is 12.0. The predicted octanol–water partition coefficient (Wildman–Crippen LogP) is -0.424. The lowest BCUT2D eigenvalue weighted by molar-refractivity contribution is -0.143. The Morgan fingerprint density at radius 2 is 1.90 bits per heavy atom. The number of nitrogens with zero attached hydrogens (tertiary/aromatic N) is 1. The Morgan fingerprint density at radius 1 is 1.29 bits per heavy atom. The summed E-state index contributed by atoms with van der Waals surface area (Å²) in [6.45, 7) is 4.23. The monoisotopic (exact) mass is 302 g/mol. The molecule has 0 spiro atoms. The smallest absolute Gasteiger partial charge is 0.326 e. The van der Waals surface area contributed by atoms with Gasteiger partial charge in [-0.2, -0.15) is 0 Å². The number of primary amides is 1. The van der Waals surface area contributed by atoms with Crippen LogP contribution >= 0.6 is 0 Å². The van der Waals surface area contributed by atoms with Gasteiger partial charge in [0.05, 0.1) is 6.04 Å². The number of carboxylic acid groups (broad SMARTS) is 1. The van der Waals surface area contributed by atoms with E-state index in [4.69, 9.17) is 16.7 Å². The molecule has 0 radical (unpaired) electrons. The minimum atomic E-state index is -1.20. The number of carbonyl (C=O) groups excluding carboxylic acids is 2. The van der Waals surface area contributed by atoms with E-state index in [1.807, 2.05) is 0 Å². The van der Waals surface area contributed by atoms with E-state index in [-0.39, 0.29) is 12.8 Å². The summed E-state index contributed by atoms with van der Waals surface area (Å²) < 4.78 is 0. The largest absolute Gasteiger partial charge is 0.480 e. The second-order valence-electron chi connectivity index (χ2n) is 5.03. The molecular formula is C13H26N4O4. The van der Waals surface area contributed by atoms with E-state index in [1.54, 1.807) is 6.92 Å². The van der Waals surface area contributed by atoms with Gasteiger partial charge in [0.2, 0.25) is 11.8 Å². The molecule has 0 aromatic heterocycles. The third-order valence-electron chi connectivity index (χ3n) is 3.19. The first-order chi connectivity index (χ1) is 9.79. The molecule has 0 saturated heterocycles. The van der Waals surface area contributed by atoms with Crippen LogP contribution in [-0.2, 0) is 14.4 Å². The quantitative estimate of drug-likeness (QED) is 0.232. The maximum atomic E-state index is 12.0. The summed E-state index contributed by atoms with van der Waals surface area (Å²) in [5.74, 6) is 3.49. The summed E-state index contributed by atoms with van der Waals surface area (Å²) >= 11 is 0. The van der Waals surface area contributed by atoms with E-state index >= 15 is 0 Å². The lowest BCUT2D eigenvalue weighted by Gasteiger charge is -2.25. The second-order valence-corrected chi connectivity index (χ2v) is 5.03. The molecule has 0 rings (SSSR count). The van der Waals surface area contributed by atoms with Gasteiger partial charge in [0.1, 0.15) is 6.04 Å². The first-order valence-corrected chi connectivity index (χ1v) is 7.12. The summed E-state index contributed by atoms with van der Waals surface area (Å²) in [5.41, 5.74) is 4.97. The van der Waals surface area contributed by atoms with Crippen molar-refractivity contribution in [3.63, 3.8) is 0 Å². The Labute approximate surface area is 124 Å². The van der Waals surface area contributed by atoms with Gasteiger partial charge in [0.15, 0.2) is 0 Å². The first kappa shape index (κ1) is 19.3. The minimum Gasteiger partial charge on any atom is -0.480 e. The van der Waals surface area contributed by atoms with Crippen LogP contribution in [0.1, 0.15) is 46.0 Å². The number of nitrogens with one attached hydrogen (secondary N) is 1. The van der Waals surface area contributed by atoms with E-state index < -0.39 is 29.9 Å². The van der Waals surface area contributed by atoms with Crippen molar-refractivity contribution in [1.29, 1.82) is 0 Å². The molecule has 2 amide bonds. The second kappa shape index (κ2) is 10.1. The van der Waals surface area contributed by atoms with Gasteiger partial charge in [0.25, 0.3) is 0 Å². The molecule has 8 heteroatoms. The Hall–Kier alpha value is -1.67. The maximum Gasteiger partial charge on any atom is 0.326 e. The topological polar surface area (TPSA) is 139 Å². The molecule has 2 unspecified atom stereocenters. The number of unbranched alkanes of at least 4 members (excludes halogenated alkanes) is 2. The van der Waals surface area contributed by atoms with Gasteiger partial charge in [-0.05, 0) is 19.8 Å². The highest BCUT2D eigenvalue weighted by Crippen LogP contribution is 2.02. The summed E-state index contributed by atoms with van der Waals surface area (Å²) in [4.78, 5) is 33.7. The fraction of sp³-hybridized carbons (Fsp3) is 0.769. The summed E-state index contributed by atoms with van der Waals surface area (Å²) in [6, 6.07) is -1.78. The van der Waals surface area contributed by atoms with Crippen molar-refractivity contribution in [3.05, 3.63) is 0 Å². The third-order valence-corrected chi connectivity index (χ3v) is 3.19. The van der Waals surface area contributed by atoms with Crippen LogP contribution in [0.4, 0.5) is 0 Å². The van der Waals surface area contributed by atoms with Gasteiger partial charge < -0.3 is 16.2 Å². The standard InChI is InChI=1S/C13H26N4O4/c1-3-4-5-8-17(15)9(2)12(19)16-10(13(20)21)6-7-11(14)18/h9-10H,3-8,15H2,1-2H3,(H2,14,18)(H,16,19)(H,20,21). The number of hydrazine groups is 1. The number of hydrogen-bond donors (Lipinski definition) is 4. The van der Waals surface area contributed by atoms with Gasteiger partial charge in [-0.25, -0.2) is 9.80 Å². The summed E-state index contributed by atoms with van der Waals surface area (Å²) in [6.07, 6.45) is 2.79. The zero-order valence-corrected chi connectivity index (χ0v) is 12.7. The van der Waals surface area contributed by atoms with Crippen molar-refractivity contribution in [3.8, 4) is 0 Å². The molecular weight excluding hydrogens is 276 g/mol. The SMILES string of the molecule is CCCCCN(N)C(C)C(=O)NC(CCC(N)=O)C(=O)O. The molecule has 0 bridgehead atoms. The van der Waals surface area contributed by atoms with Crippen molar-refractivity contribution in [2.24, 2.45) is 11.6 Å².